The fourth-order valence-electron chi connectivity index (χ4n) is 4.79. The van der Waals surface area contributed by atoms with Crippen molar-refractivity contribution >= 4 is 11.0 Å². The van der Waals surface area contributed by atoms with Gasteiger partial charge in [0.2, 0.25) is 5.43 Å². The number of hydrogen-bond acceptors (Lipinski definition) is 4. The molecule has 5 aromatic rings. The molecule has 166 valence electrons. The maximum absolute atomic E-state index is 13.9. The molecule has 0 atom stereocenters. The third kappa shape index (κ3) is 3.35. The lowest BCUT2D eigenvalue weighted by Crippen LogP contribution is -2.43. The maximum atomic E-state index is 13.9. The molecular formula is C30H24N2O2. The second-order valence-electron chi connectivity index (χ2n) is 8.99. The summed E-state index contributed by atoms with van der Waals surface area (Å²) in [6, 6.07) is 29.4. The Bertz CT molecular complexity index is 1530. The zero-order chi connectivity index (χ0) is 23.1. The molecule has 6 rings (SSSR count). The number of benzene rings is 3. The quantitative estimate of drug-likeness (QED) is 0.342. The van der Waals surface area contributed by atoms with Crippen molar-refractivity contribution in [3.05, 3.63) is 113 Å². The molecule has 0 saturated heterocycles. The average molecular weight is 445 g/mol. The number of nitrogens with zero attached hydrogens (tertiary/aromatic N) is 1. The van der Waals surface area contributed by atoms with Crippen LogP contribution in [0.4, 0.5) is 0 Å². The SMILES string of the molecule is NC1(c2ccc(-c3c(-c4ccccc4)oc4c(-c5ccccc5)nccc4c3=O)cc2)CCC1. The summed E-state index contributed by atoms with van der Waals surface area (Å²) in [7, 11) is 0. The van der Waals surface area contributed by atoms with E-state index >= 15 is 0 Å². The molecule has 0 aliphatic heterocycles. The van der Waals surface area contributed by atoms with Gasteiger partial charge in [0.05, 0.1) is 10.9 Å². The van der Waals surface area contributed by atoms with Crippen molar-refractivity contribution in [3.63, 3.8) is 0 Å². The fraction of sp³-hybridized carbons (Fsp3) is 0.133. The summed E-state index contributed by atoms with van der Waals surface area (Å²) >= 11 is 0. The minimum Gasteiger partial charge on any atom is -0.453 e. The Morgan fingerprint density at radius 3 is 2.03 bits per heavy atom. The van der Waals surface area contributed by atoms with Gasteiger partial charge in [-0.2, -0.15) is 0 Å². The molecule has 1 aliphatic carbocycles. The molecule has 4 heteroatoms. The minimum absolute atomic E-state index is 0.0708. The van der Waals surface area contributed by atoms with Crippen LogP contribution in [0.2, 0.25) is 0 Å². The van der Waals surface area contributed by atoms with Crippen LogP contribution in [0, 0.1) is 0 Å². The number of aromatic nitrogens is 1. The first-order valence-electron chi connectivity index (χ1n) is 11.6. The van der Waals surface area contributed by atoms with Gasteiger partial charge in [0, 0.05) is 22.9 Å². The lowest BCUT2D eigenvalue weighted by Gasteiger charge is -2.38. The highest BCUT2D eigenvalue weighted by molar-refractivity contribution is 5.95. The molecule has 0 amide bonds. The van der Waals surface area contributed by atoms with Crippen LogP contribution in [0.1, 0.15) is 24.8 Å². The molecule has 1 aliphatic rings. The topological polar surface area (TPSA) is 69.1 Å². The van der Waals surface area contributed by atoms with E-state index in [9.17, 15) is 4.79 Å². The van der Waals surface area contributed by atoms with Gasteiger partial charge in [-0.1, -0.05) is 84.9 Å². The van der Waals surface area contributed by atoms with Crippen molar-refractivity contribution < 1.29 is 4.42 Å². The van der Waals surface area contributed by atoms with Crippen molar-refractivity contribution in [1.82, 2.24) is 4.98 Å². The van der Waals surface area contributed by atoms with Gasteiger partial charge in [0.25, 0.3) is 0 Å². The monoisotopic (exact) mass is 444 g/mol. The minimum atomic E-state index is -0.245. The highest BCUT2D eigenvalue weighted by Crippen LogP contribution is 2.40. The Kier molecular flexibility index (Phi) is 4.89. The number of nitrogens with two attached hydrogens (primary N) is 1. The van der Waals surface area contributed by atoms with Gasteiger partial charge in [0.15, 0.2) is 5.58 Å². The summed E-state index contributed by atoms with van der Waals surface area (Å²) in [5.74, 6) is 0.544. The Hall–Kier alpha value is -4.02. The van der Waals surface area contributed by atoms with Gasteiger partial charge >= 0.3 is 0 Å². The summed E-state index contributed by atoms with van der Waals surface area (Å²) in [5, 5.41) is 0.516. The first-order chi connectivity index (χ1) is 16.6. The van der Waals surface area contributed by atoms with Gasteiger partial charge in [-0.3, -0.25) is 9.78 Å². The van der Waals surface area contributed by atoms with Crippen LogP contribution >= 0.6 is 0 Å². The van der Waals surface area contributed by atoms with E-state index in [2.05, 4.69) is 17.1 Å². The van der Waals surface area contributed by atoms with Crippen molar-refractivity contribution in [1.29, 1.82) is 0 Å². The van der Waals surface area contributed by atoms with Crippen LogP contribution in [0.3, 0.4) is 0 Å². The van der Waals surface area contributed by atoms with Crippen molar-refractivity contribution in [2.24, 2.45) is 5.73 Å². The predicted octanol–water partition coefficient (Wildman–Crippen LogP) is 6.53. The lowest BCUT2D eigenvalue weighted by atomic mass is 9.72. The van der Waals surface area contributed by atoms with Crippen LogP contribution in [0.25, 0.3) is 44.7 Å². The summed E-state index contributed by atoms with van der Waals surface area (Å²) in [5.41, 5.74) is 11.6. The predicted molar refractivity (Wildman–Crippen MR) is 136 cm³/mol. The zero-order valence-electron chi connectivity index (χ0n) is 18.7. The Morgan fingerprint density at radius 2 is 1.41 bits per heavy atom. The number of pyridine rings is 1. The molecule has 0 radical (unpaired) electrons. The van der Waals surface area contributed by atoms with Crippen LogP contribution < -0.4 is 11.2 Å². The van der Waals surface area contributed by atoms with E-state index in [0.29, 0.717) is 28.0 Å². The Morgan fingerprint density at radius 1 is 0.765 bits per heavy atom. The molecular weight excluding hydrogens is 420 g/mol. The molecule has 0 spiro atoms. The van der Waals surface area contributed by atoms with Crippen LogP contribution in [0.15, 0.2) is 106 Å². The van der Waals surface area contributed by atoms with Crippen LogP contribution in [-0.4, -0.2) is 4.98 Å². The van der Waals surface area contributed by atoms with E-state index in [1.54, 1.807) is 12.3 Å². The second-order valence-corrected chi connectivity index (χ2v) is 8.99. The molecule has 0 bridgehead atoms. The van der Waals surface area contributed by atoms with Crippen LogP contribution in [-0.2, 0) is 5.54 Å². The fourth-order valence-corrected chi connectivity index (χ4v) is 4.79. The number of fused-ring (bicyclic) bond motifs is 1. The van der Waals surface area contributed by atoms with E-state index in [1.807, 2.05) is 72.8 Å². The lowest BCUT2D eigenvalue weighted by molar-refractivity contribution is 0.253. The molecule has 4 nitrogen and oxygen atoms in total. The Balaban J connectivity index is 1.61. The third-order valence-corrected chi connectivity index (χ3v) is 6.88. The largest absolute Gasteiger partial charge is 0.453 e. The highest BCUT2D eigenvalue weighted by atomic mass is 16.3. The van der Waals surface area contributed by atoms with Crippen molar-refractivity contribution in [2.75, 3.05) is 0 Å². The molecule has 2 heterocycles. The standard InChI is InChI=1S/C30H24N2O2/c31-30(17-7-18-30)23-14-12-20(13-15-23)25-27(33)24-16-19-32-26(21-8-3-1-4-9-21)29(24)34-28(25)22-10-5-2-6-11-22/h1-6,8-16,19H,7,17-18,31H2. The summed E-state index contributed by atoms with van der Waals surface area (Å²) in [6.45, 7) is 0. The van der Waals surface area contributed by atoms with E-state index in [0.717, 1.165) is 41.5 Å². The molecule has 3 aromatic carbocycles. The van der Waals surface area contributed by atoms with Crippen molar-refractivity contribution in [3.8, 4) is 33.7 Å². The van der Waals surface area contributed by atoms with E-state index in [1.165, 1.54) is 0 Å². The van der Waals surface area contributed by atoms with Gasteiger partial charge in [-0.15, -0.1) is 0 Å². The summed E-state index contributed by atoms with van der Waals surface area (Å²) in [4.78, 5) is 18.5. The Labute approximate surface area is 197 Å². The van der Waals surface area contributed by atoms with Gasteiger partial charge in [-0.05, 0) is 36.5 Å². The second kappa shape index (κ2) is 8.08. The van der Waals surface area contributed by atoms with E-state index in [-0.39, 0.29) is 11.0 Å². The summed E-state index contributed by atoms with van der Waals surface area (Å²) in [6.07, 6.45) is 4.82. The van der Waals surface area contributed by atoms with Crippen LogP contribution in [0.5, 0.6) is 0 Å². The van der Waals surface area contributed by atoms with E-state index in [4.69, 9.17) is 10.2 Å². The first kappa shape index (κ1) is 20.6. The number of hydrogen-bond donors (Lipinski definition) is 1. The number of rotatable bonds is 4. The van der Waals surface area contributed by atoms with Gasteiger partial charge in [0.1, 0.15) is 11.5 Å². The third-order valence-electron chi connectivity index (χ3n) is 6.88. The smallest absolute Gasteiger partial charge is 0.201 e. The van der Waals surface area contributed by atoms with Crippen molar-refractivity contribution in [2.45, 2.75) is 24.8 Å². The normalized spacial score (nSPS) is 14.6. The summed E-state index contributed by atoms with van der Waals surface area (Å²) < 4.78 is 6.54. The molecule has 1 saturated carbocycles. The van der Waals surface area contributed by atoms with Gasteiger partial charge in [-0.25, -0.2) is 0 Å². The first-order valence-corrected chi connectivity index (χ1v) is 11.6. The maximum Gasteiger partial charge on any atom is 0.201 e. The molecule has 2 aromatic heterocycles. The highest BCUT2D eigenvalue weighted by Gasteiger charge is 2.34. The molecule has 0 unspecified atom stereocenters. The molecule has 1 fully saturated rings. The average Bonchev–Trinajstić information content (AvgIpc) is 2.88. The van der Waals surface area contributed by atoms with E-state index < -0.39 is 0 Å². The molecule has 34 heavy (non-hydrogen) atoms. The molecule has 2 N–H and O–H groups in total. The zero-order valence-corrected chi connectivity index (χ0v) is 18.7. The van der Waals surface area contributed by atoms with Gasteiger partial charge < -0.3 is 10.2 Å².